The number of hydrogen-bond acceptors (Lipinski definition) is 1. The van der Waals surface area contributed by atoms with Gasteiger partial charge in [0.2, 0.25) is 0 Å². The fraction of sp³-hybridized carbons (Fsp3) is 0.500. The zero-order valence-corrected chi connectivity index (χ0v) is 8.62. The van der Waals surface area contributed by atoms with Crippen LogP contribution in [0.1, 0.15) is 37.9 Å². The van der Waals surface area contributed by atoms with E-state index in [2.05, 4.69) is 49.9 Å². The lowest BCUT2D eigenvalue weighted by Gasteiger charge is -2.25. The van der Waals surface area contributed by atoms with Gasteiger partial charge in [0, 0.05) is 18.6 Å². The van der Waals surface area contributed by atoms with Gasteiger partial charge in [0.05, 0.1) is 0 Å². The van der Waals surface area contributed by atoms with Crippen LogP contribution < -0.4 is 0 Å². The van der Waals surface area contributed by atoms with Gasteiger partial charge in [-0.25, -0.2) is 0 Å². The lowest BCUT2D eigenvalue weighted by molar-refractivity contribution is 0.180. The van der Waals surface area contributed by atoms with Crippen LogP contribution in [0.3, 0.4) is 0 Å². The molecule has 0 saturated heterocycles. The fourth-order valence-electron chi connectivity index (χ4n) is 2.23. The van der Waals surface area contributed by atoms with Crippen molar-refractivity contribution in [2.45, 2.75) is 39.4 Å². The monoisotopic (exact) mass is 175 g/mol. The van der Waals surface area contributed by atoms with Gasteiger partial charge in [-0.3, -0.25) is 4.90 Å². The second-order valence-corrected chi connectivity index (χ2v) is 4.14. The first-order chi connectivity index (χ1) is 6.20. The van der Waals surface area contributed by atoms with Crippen molar-refractivity contribution in [3.8, 4) is 0 Å². The summed E-state index contributed by atoms with van der Waals surface area (Å²) < 4.78 is 0. The zero-order valence-electron chi connectivity index (χ0n) is 8.62. The normalized spacial score (nSPS) is 22.3. The van der Waals surface area contributed by atoms with E-state index in [0.29, 0.717) is 12.1 Å². The van der Waals surface area contributed by atoms with Crippen LogP contribution >= 0.6 is 0 Å². The van der Waals surface area contributed by atoms with Crippen LogP contribution in [-0.4, -0.2) is 10.9 Å². The van der Waals surface area contributed by atoms with Crippen LogP contribution in [-0.2, 0) is 6.54 Å². The van der Waals surface area contributed by atoms with Gasteiger partial charge < -0.3 is 0 Å². The molecule has 2 rings (SSSR count). The van der Waals surface area contributed by atoms with Gasteiger partial charge in [0.25, 0.3) is 0 Å². The third-order valence-corrected chi connectivity index (χ3v) is 3.02. The molecule has 0 fully saturated rings. The van der Waals surface area contributed by atoms with Crippen molar-refractivity contribution in [2.75, 3.05) is 0 Å². The first-order valence-corrected chi connectivity index (χ1v) is 5.03. The molecule has 1 atom stereocenters. The van der Waals surface area contributed by atoms with E-state index in [0.717, 1.165) is 6.54 Å². The highest BCUT2D eigenvalue weighted by molar-refractivity contribution is 5.33. The summed E-state index contributed by atoms with van der Waals surface area (Å²) in [5, 5.41) is 0. The van der Waals surface area contributed by atoms with Crippen molar-refractivity contribution in [1.82, 2.24) is 4.90 Å². The maximum Gasteiger partial charge on any atom is 0.0329 e. The Morgan fingerprint density at radius 3 is 2.62 bits per heavy atom. The molecule has 0 amide bonds. The predicted molar refractivity (Wildman–Crippen MR) is 55.5 cm³/mol. The van der Waals surface area contributed by atoms with E-state index in [-0.39, 0.29) is 0 Å². The molecule has 70 valence electrons. The summed E-state index contributed by atoms with van der Waals surface area (Å²) in [4.78, 5) is 2.53. The molecule has 0 saturated carbocycles. The molecule has 1 nitrogen and oxygen atoms in total. The Morgan fingerprint density at radius 2 is 2.00 bits per heavy atom. The summed E-state index contributed by atoms with van der Waals surface area (Å²) in [6.07, 6.45) is 0. The highest BCUT2D eigenvalue weighted by Gasteiger charge is 2.27. The van der Waals surface area contributed by atoms with Crippen molar-refractivity contribution >= 4 is 0 Å². The Bertz CT molecular complexity index is 304. The average Bonchev–Trinajstić information content (AvgIpc) is 2.45. The number of hydrogen-bond donors (Lipinski definition) is 0. The molecule has 0 aromatic heterocycles. The van der Waals surface area contributed by atoms with Crippen LogP contribution in [0, 0.1) is 0 Å². The van der Waals surface area contributed by atoms with E-state index in [4.69, 9.17) is 0 Å². The minimum Gasteiger partial charge on any atom is -0.290 e. The molecule has 0 radical (unpaired) electrons. The standard InChI is InChI=1S/C12H17N/c1-9(2)13-8-11-6-4-5-7-12(11)10(13)3/h4-7,9-10H,8H2,1-3H3/t10-/m1/s1. The molecule has 0 aliphatic carbocycles. The lowest BCUT2D eigenvalue weighted by Crippen LogP contribution is -2.27. The smallest absolute Gasteiger partial charge is 0.0329 e. The zero-order chi connectivity index (χ0) is 9.42. The van der Waals surface area contributed by atoms with Gasteiger partial charge in [-0.2, -0.15) is 0 Å². The van der Waals surface area contributed by atoms with Crippen molar-refractivity contribution < 1.29 is 0 Å². The molecule has 1 aliphatic heterocycles. The van der Waals surface area contributed by atoms with E-state index >= 15 is 0 Å². The van der Waals surface area contributed by atoms with E-state index in [1.54, 1.807) is 0 Å². The molecule has 0 bridgehead atoms. The molecule has 13 heavy (non-hydrogen) atoms. The minimum absolute atomic E-state index is 0.594. The van der Waals surface area contributed by atoms with Crippen molar-refractivity contribution in [3.63, 3.8) is 0 Å². The molecule has 1 heteroatoms. The second kappa shape index (κ2) is 3.15. The van der Waals surface area contributed by atoms with Gasteiger partial charge in [-0.15, -0.1) is 0 Å². The summed E-state index contributed by atoms with van der Waals surface area (Å²) in [6.45, 7) is 7.95. The molecule has 1 heterocycles. The highest BCUT2D eigenvalue weighted by atomic mass is 15.2. The second-order valence-electron chi connectivity index (χ2n) is 4.14. The SMILES string of the molecule is CC(C)N1Cc2ccccc2[C@H]1C. The van der Waals surface area contributed by atoms with Gasteiger partial charge in [-0.05, 0) is 31.9 Å². The van der Waals surface area contributed by atoms with E-state index in [9.17, 15) is 0 Å². The molecule has 1 aliphatic rings. The Morgan fingerprint density at radius 1 is 1.31 bits per heavy atom. The molecule has 1 aromatic rings. The van der Waals surface area contributed by atoms with Gasteiger partial charge in [-0.1, -0.05) is 24.3 Å². The maximum absolute atomic E-state index is 2.53. The number of benzene rings is 1. The lowest BCUT2D eigenvalue weighted by atomic mass is 10.1. The predicted octanol–water partition coefficient (Wildman–Crippen LogP) is 2.97. The Labute approximate surface area is 80.4 Å². The van der Waals surface area contributed by atoms with E-state index in [1.807, 2.05) is 0 Å². The Kier molecular flexibility index (Phi) is 2.12. The van der Waals surface area contributed by atoms with E-state index < -0.39 is 0 Å². The average molecular weight is 175 g/mol. The fourth-order valence-corrected chi connectivity index (χ4v) is 2.23. The first kappa shape index (κ1) is 8.76. The minimum atomic E-state index is 0.594. The van der Waals surface area contributed by atoms with E-state index in [1.165, 1.54) is 11.1 Å². The van der Waals surface area contributed by atoms with Crippen molar-refractivity contribution in [1.29, 1.82) is 0 Å². The Balaban J connectivity index is 2.32. The van der Waals surface area contributed by atoms with Gasteiger partial charge >= 0.3 is 0 Å². The van der Waals surface area contributed by atoms with Crippen LogP contribution in [0.15, 0.2) is 24.3 Å². The summed E-state index contributed by atoms with van der Waals surface area (Å²) in [7, 11) is 0. The Hall–Kier alpha value is -0.820. The summed E-state index contributed by atoms with van der Waals surface area (Å²) in [5.41, 5.74) is 3.01. The maximum atomic E-state index is 2.53. The molecule has 0 spiro atoms. The van der Waals surface area contributed by atoms with Crippen LogP contribution in [0.5, 0.6) is 0 Å². The summed E-state index contributed by atoms with van der Waals surface area (Å²) in [6, 6.07) is 10.0. The topological polar surface area (TPSA) is 3.24 Å². The first-order valence-electron chi connectivity index (χ1n) is 5.03. The van der Waals surface area contributed by atoms with Crippen molar-refractivity contribution in [3.05, 3.63) is 35.4 Å². The molecule has 0 unspecified atom stereocenters. The number of nitrogens with zero attached hydrogens (tertiary/aromatic N) is 1. The summed E-state index contributed by atoms with van der Waals surface area (Å²) >= 11 is 0. The third-order valence-electron chi connectivity index (χ3n) is 3.02. The largest absolute Gasteiger partial charge is 0.290 e. The highest BCUT2D eigenvalue weighted by Crippen LogP contribution is 2.34. The third kappa shape index (κ3) is 1.37. The summed E-state index contributed by atoms with van der Waals surface area (Å²) in [5.74, 6) is 0. The quantitative estimate of drug-likeness (QED) is 0.634. The molecular weight excluding hydrogens is 158 g/mol. The van der Waals surface area contributed by atoms with Gasteiger partial charge in [0.1, 0.15) is 0 Å². The van der Waals surface area contributed by atoms with Gasteiger partial charge in [0.15, 0.2) is 0 Å². The van der Waals surface area contributed by atoms with Crippen LogP contribution in [0.4, 0.5) is 0 Å². The van der Waals surface area contributed by atoms with Crippen LogP contribution in [0.2, 0.25) is 0 Å². The molecule has 0 N–H and O–H groups in total. The number of fused-ring (bicyclic) bond motifs is 1. The molecule has 1 aromatic carbocycles. The molecular formula is C12H17N. The van der Waals surface area contributed by atoms with Crippen LogP contribution in [0.25, 0.3) is 0 Å². The van der Waals surface area contributed by atoms with Crippen molar-refractivity contribution in [2.24, 2.45) is 0 Å². The number of rotatable bonds is 1.